The summed E-state index contributed by atoms with van der Waals surface area (Å²) in [5.74, 6) is 2.08. The highest BCUT2D eigenvalue weighted by Gasteiger charge is 2.07. The molecule has 0 aliphatic carbocycles. The minimum Gasteiger partial charge on any atom is -0.394 e. The number of nitrogens with one attached hydrogen (secondary N) is 2. The third-order valence-corrected chi connectivity index (χ3v) is 2.68. The number of rotatable bonds is 5. The van der Waals surface area contributed by atoms with Gasteiger partial charge in [0.2, 0.25) is 0 Å². The Morgan fingerprint density at radius 3 is 2.47 bits per heavy atom. The lowest BCUT2D eigenvalue weighted by Crippen LogP contribution is -2.20. The molecule has 0 radical (unpaired) electrons. The minimum atomic E-state index is -0.0526. The average molecular weight is 258 g/mol. The standard InChI is InChI=1S/C14H18N4O/c1-10(9-19)16-13-8-12(15-2)17-14(18-13)11-6-4-3-5-7-11/h3-8,10,19H,9H2,1-2H3,(H2,15,16,17,18). The first-order valence-electron chi connectivity index (χ1n) is 6.22. The van der Waals surface area contributed by atoms with Crippen molar-refractivity contribution in [2.75, 3.05) is 24.3 Å². The molecule has 2 aromatic rings. The van der Waals surface area contributed by atoms with E-state index in [9.17, 15) is 0 Å². The largest absolute Gasteiger partial charge is 0.394 e. The Morgan fingerprint density at radius 2 is 1.84 bits per heavy atom. The second-order valence-electron chi connectivity index (χ2n) is 4.31. The van der Waals surface area contributed by atoms with Crippen molar-refractivity contribution in [2.45, 2.75) is 13.0 Å². The zero-order valence-corrected chi connectivity index (χ0v) is 11.1. The van der Waals surface area contributed by atoms with Gasteiger partial charge in [0.05, 0.1) is 6.61 Å². The number of benzene rings is 1. The van der Waals surface area contributed by atoms with Gasteiger partial charge >= 0.3 is 0 Å². The predicted octanol–water partition coefficient (Wildman–Crippen LogP) is 1.98. The van der Waals surface area contributed by atoms with Gasteiger partial charge in [-0.05, 0) is 6.92 Å². The zero-order valence-electron chi connectivity index (χ0n) is 11.1. The molecule has 1 atom stereocenters. The Labute approximate surface area is 112 Å². The third kappa shape index (κ3) is 3.42. The van der Waals surface area contributed by atoms with Crippen LogP contribution in [-0.4, -0.2) is 34.8 Å². The summed E-state index contributed by atoms with van der Waals surface area (Å²) in [4.78, 5) is 8.90. The maximum Gasteiger partial charge on any atom is 0.163 e. The zero-order chi connectivity index (χ0) is 13.7. The summed E-state index contributed by atoms with van der Waals surface area (Å²) in [6, 6.07) is 11.6. The summed E-state index contributed by atoms with van der Waals surface area (Å²) >= 11 is 0. The quantitative estimate of drug-likeness (QED) is 0.765. The summed E-state index contributed by atoms with van der Waals surface area (Å²) in [6.07, 6.45) is 0. The first-order valence-corrected chi connectivity index (χ1v) is 6.22. The van der Waals surface area contributed by atoms with Gasteiger partial charge in [-0.3, -0.25) is 0 Å². The Morgan fingerprint density at radius 1 is 1.16 bits per heavy atom. The Bertz CT molecular complexity index is 530. The number of aromatic nitrogens is 2. The highest BCUT2D eigenvalue weighted by Crippen LogP contribution is 2.20. The maximum atomic E-state index is 9.09. The molecule has 0 saturated carbocycles. The van der Waals surface area contributed by atoms with Crippen molar-refractivity contribution < 1.29 is 5.11 Å². The SMILES string of the molecule is CNc1cc(NC(C)CO)nc(-c2ccccc2)n1. The summed E-state index contributed by atoms with van der Waals surface area (Å²) < 4.78 is 0. The molecule has 0 aliphatic rings. The molecule has 0 amide bonds. The molecule has 5 heteroatoms. The van der Waals surface area contributed by atoms with Gasteiger partial charge in [-0.1, -0.05) is 30.3 Å². The topological polar surface area (TPSA) is 70.1 Å². The van der Waals surface area contributed by atoms with Gasteiger partial charge in [0, 0.05) is 24.7 Å². The van der Waals surface area contributed by atoms with Crippen LogP contribution in [-0.2, 0) is 0 Å². The number of aliphatic hydroxyl groups is 1. The van der Waals surface area contributed by atoms with Crippen molar-refractivity contribution in [1.82, 2.24) is 9.97 Å². The monoisotopic (exact) mass is 258 g/mol. The summed E-state index contributed by atoms with van der Waals surface area (Å²) in [7, 11) is 1.82. The van der Waals surface area contributed by atoms with E-state index in [-0.39, 0.29) is 12.6 Å². The van der Waals surface area contributed by atoms with E-state index in [0.29, 0.717) is 11.6 Å². The van der Waals surface area contributed by atoms with E-state index in [1.807, 2.05) is 50.4 Å². The van der Waals surface area contributed by atoms with Crippen LogP contribution in [0.5, 0.6) is 0 Å². The second kappa shape index (κ2) is 6.15. The smallest absolute Gasteiger partial charge is 0.163 e. The fourth-order valence-electron chi connectivity index (χ4n) is 1.66. The van der Waals surface area contributed by atoms with Crippen molar-refractivity contribution in [2.24, 2.45) is 0 Å². The molecular formula is C14H18N4O. The molecular weight excluding hydrogens is 240 g/mol. The molecule has 5 nitrogen and oxygen atoms in total. The Hall–Kier alpha value is -2.14. The molecule has 2 rings (SSSR count). The van der Waals surface area contributed by atoms with Crippen LogP contribution in [0.1, 0.15) is 6.92 Å². The number of hydrogen-bond donors (Lipinski definition) is 3. The van der Waals surface area contributed by atoms with Crippen LogP contribution in [0.25, 0.3) is 11.4 Å². The minimum absolute atomic E-state index is 0.0526. The van der Waals surface area contributed by atoms with Crippen LogP contribution >= 0.6 is 0 Å². The second-order valence-corrected chi connectivity index (χ2v) is 4.31. The molecule has 1 aromatic heterocycles. The molecule has 1 aromatic carbocycles. The van der Waals surface area contributed by atoms with Gasteiger partial charge in [-0.2, -0.15) is 0 Å². The van der Waals surface area contributed by atoms with E-state index in [0.717, 1.165) is 11.4 Å². The van der Waals surface area contributed by atoms with Crippen LogP contribution in [0.3, 0.4) is 0 Å². The van der Waals surface area contributed by atoms with Gasteiger partial charge in [0.1, 0.15) is 11.6 Å². The van der Waals surface area contributed by atoms with Crippen LogP contribution in [0.15, 0.2) is 36.4 Å². The number of nitrogens with zero attached hydrogens (tertiary/aromatic N) is 2. The van der Waals surface area contributed by atoms with Gasteiger partial charge in [-0.25, -0.2) is 9.97 Å². The van der Waals surface area contributed by atoms with Gasteiger partial charge in [0.15, 0.2) is 5.82 Å². The van der Waals surface area contributed by atoms with Crippen molar-refractivity contribution >= 4 is 11.6 Å². The van der Waals surface area contributed by atoms with Crippen LogP contribution in [0, 0.1) is 0 Å². The fraction of sp³-hybridized carbons (Fsp3) is 0.286. The highest BCUT2D eigenvalue weighted by atomic mass is 16.3. The van der Waals surface area contributed by atoms with E-state index in [4.69, 9.17) is 5.11 Å². The van der Waals surface area contributed by atoms with E-state index >= 15 is 0 Å². The lowest BCUT2D eigenvalue weighted by atomic mass is 10.2. The Kier molecular flexibility index (Phi) is 4.30. The van der Waals surface area contributed by atoms with E-state index in [1.165, 1.54) is 0 Å². The van der Waals surface area contributed by atoms with Gasteiger partial charge < -0.3 is 15.7 Å². The number of anilines is 2. The molecule has 1 unspecified atom stereocenters. The van der Waals surface area contributed by atoms with Crippen LogP contribution in [0.2, 0.25) is 0 Å². The van der Waals surface area contributed by atoms with E-state index in [1.54, 1.807) is 0 Å². The molecule has 0 bridgehead atoms. The average Bonchev–Trinajstić information content (AvgIpc) is 2.47. The molecule has 0 aliphatic heterocycles. The van der Waals surface area contributed by atoms with Crippen LogP contribution in [0.4, 0.5) is 11.6 Å². The lowest BCUT2D eigenvalue weighted by molar-refractivity contribution is 0.281. The third-order valence-electron chi connectivity index (χ3n) is 2.68. The fourth-order valence-corrected chi connectivity index (χ4v) is 1.66. The van der Waals surface area contributed by atoms with Gasteiger partial charge in [-0.15, -0.1) is 0 Å². The molecule has 1 heterocycles. The summed E-state index contributed by atoms with van der Waals surface area (Å²) in [5, 5.41) is 15.2. The van der Waals surface area contributed by atoms with E-state index in [2.05, 4.69) is 20.6 Å². The highest BCUT2D eigenvalue weighted by molar-refractivity contribution is 5.61. The van der Waals surface area contributed by atoms with Crippen molar-refractivity contribution in [3.05, 3.63) is 36.4 Å². The van der Waals surface area contributed by atoms with Crippen molar-refractivity contribution in [3.63, 3.8) is 0 Å². The normalized spacial score (nSPS) is 11.9. The van der Waals surface area contributed by atoms with Crippen molar-refractivity contribution in [3.8, 4) is 11.4 Å². The predicted molar refractivity (Wildman–Crippen MR) is 77.2 cm³/mol. The number of hydrogen-bond acceptors (Lipinski definition) is 5. The molecule has 0 spiro atoms. The Balaban J connectivity index is 2.36. The van der Waals surface area contributed by atoms with Gasteiger partial charge in [0.25, 0.3) is 0 Å². The molecule has 0 saturated heterocycles. The lowest BCUT2D eigenvalue weighted by Gasteiger charge is -2.13. The van der Waals surface area contributed by atoms with Crippen molar-refractivity contribution in [1.29, 1.82) is 0 Å². The molecule has 19 heavy (non-hydrogen) atoms. The summed E-state index contributed by atoms with van der Waals surface area (Å²) in [6.45, 7) is 1.95. The maximum absolute atomic E-state index is 9.09. The number of aliphatic hydroxyl groups excluding tert-OH is 1. The summed E-state index contributed by atoms with van der Waals surface area (Å²) in [5.41, 5.74) is 0.958. The molecule has 100 valence electrons. The first kappa shape index (κ1) is 13.3. The first-order chi connectivity index (χ1) is 9.22. The molecule has 3 N–H and O–H groups in total. The van der Waals surface area contributed by atoms with E-state index < -0.39 is 0 Å². The van der Waals surface area contributed by atoms with Crippen LogP contribution < -0.4 is 10.6 Å². The molecule has 0 fully saturated rings.